The van der Waals surface area contributed by atoms with Crippen LogP contribution in [0.3, 0.4) is 0 Å². The van der Waals surface area contributed by atoms with E-state index in [4.69, 9.17) is 4.74 Å². The van der Waals surface area contributed by atoms with Gasteiger partial charge in [0.25, 0.3) is 5.56 Å². The molecule has 1 aliphatic rings. The number of fused-ring (bicyclic) bond motifs is 1. The Bertz CT molecular complexity index is 775. The van der Waals surface area contributed by atoms with Gasteiger partial charge in [-0.25, -0.2) is 4.79 Å². The van der Waals surface area contributed by atoms with Crippen molar-refractivity contribution in [3.8, 4) is 0 Å². The number of nitrogens with one attached hydrogen (secondary N) is 1. The molecular formula is C13H14IN3O3. The topological polar surface area (TPSA) is 67.3 Å². The number of ether oxygens (including phenoxy) is 1. The summed E-state index contributed by atoms with van der Waals surface area (Å²) in [6, 6.07) is 3.75. The fraction of sp³-hybridized carbons (Fsp3) is 0.385. The van der Waals surface area contributed by atoms with E-state index in [0.717, 1.165) is 9.13 Å². The molecule has 0 radical (unpaired) electrons. The molecule has 0 aliphatic carbocycles. The van der Waals surface area contributed by atoms with E-state index in [1.54, 1.807) is 5.01 Å². The molecule has 106 valence electrons. The largest absolute Gasteiger partial charge is 0.378 e. The lowest BCUT2D eigenvalue weighted by molar-refractivity contribution is 0.110. The number of rotatable bonds is 1. The Balaban J connectivity index is 2.28. The third-order valence-electron chi connectivity index (χ3n) is 3.35. The van der Waals surface area contributed by atoms with Crippen molar-refractivity contribution >= 4 is 33.5 Å². The third-order valence-corrected chi connectivity index (χ3v) is 4.20. The summed E-state index contributed by atoms with van der Waals surface area (Å²) in [5, 5.41) is 2.28. The average molecular weight is 387 g/mol. The predicted octanol–water partition coefficient (Wildman–Crippen LogP) is 0.571. The number of aromatic nitrogens is 2. The van der Waals surface area contributed by atoms with E-state index >= 15 is 0 Å². The van der Waals surface area contributed by atoms with Crippen LogP contribution >= 0.6 is 22.6 Å². The predicted molar refractivity (Wildman–Crippen MR) is 85.1 cm³/mol. The second kappa shape index (κ2) is 5.21. The van der Waals surface area contributed by atoms with Crippen molar-refractivity contribution < 1.29 is 4.74 Å². The highest BCUT2D eigenvalue weighted by Gasteiger charge is 2.17. The van der Waals surface area contributed by atoms with Gasteiger partial charge in [0, 0.05) is 3.57 Å². The molecule has 1 fully saturated rings. The molecule has 2 heterocycles. The van der Waals surface area contributed by atoms with Crippen LogP contribution in [0, 0.1) is 10.5 Å². The molecule has 2 aromatic rings. The monoisotopic (exact) mass is 387 g/mol. The molecule has 20 heavy (non-hydrogen) atoms. The summed E-state index contributed by atoms with van der Waals surface area (Å²) in [6.07, 6.45) is 0. The Kier molecular flexibility index (Phi) is 3.55. The minimum Gasteiger partial charge on any atom is -0.378 e. The first-order chi connectivity index (χ1) is 9.58. The van der Waals surface area contributed by atoms with Crippen LogP contribution in [0.1, 0.15) is 5.56 Å². The van der Waals surface area contributed by atoms with Gasteiger partial charge < -0.3 is 14.7 Å². The van der Waals surface area contributed by atoms with E-state index in [0.29, 0.717) is 37.2 Å². The fourth-order valence-corrected chi connectivity index (χ4v) is 3.33. The summed E-state index contributed by atoms with van der Waals surface area (Å²) in [4.78, 5) is 27.6. The molecule has 7 heteroatoms. The van der Waals surface area contributed by atoms with E-state index in [1.807, 2.05) is 19.1 Å². The van der Waals surface area contributed by atoms with Crippen LogP contribution in [0.4, 0.5) is 0 Å². The molecule has 0 bridgehead atoms. The molecule has 1 aromatic carbocycles. The number of morpholine rings is 1. The maximum Gasteiger partial charge on any atom is 0.348 e. The van der Waals surface area contributed by atoms with Gasteiger partial charge in [-0.15, -0.1) is 0 Å². The van der Waals surface area contributed by atoms with Gasteiger partial charge in [-0.2, -0.15) is 4.68 Å². The van der Waals surface area contributed by atoms with Crippen molar-refractivity contribution in [2.45, 2.75) is 6.92 Å². The number of hydrogen-bond acceptors (Lipinski definition) is 4. The van der Waals surface area contributed by atoms with Crippen LogP contribution in [0.2, 0.25) is 0 Å². The first kappa shape index (κ1) is 13.6. The van der Waals surface area contributed by atoms with Gasteiger partial charge >= 0.3 is 5.69 Å². The Labute approximate surface area is 128 Å². The number of H-pyrrole nitrogens is 1. The molecule has 0 unspecified atom stereocenters. The zero-order valence-corrected chi connectivity index (χ0v) is 13.1. The zero-order valence-electron chi connectivity index (χ0n) is 11.0. The number of benzene rings is 1. The first-order valence-corrected chi connectivity index (χ1v) is 7.44. The van der Waals surface area contributed by atoms with Crippen molar-refractivity contribution in [2.24, 2.45) is 0 Å². The molecule has 0 saturated carbocycles. The lowest BCUT2D eigenvalue weighted by atomic mass is 10.2. The summed E-state index contributed by atoms with van der Waals surface area (Å²) in [5.74, 6) is 0. The van der Waals surface area contributed by atoms with E-state index in [1.165, 1.54) is 4.68 Å². The van der Waals surface area contributed by atoms with Crippen molar-refractivity contribution in [1.82, 2.24) is 9.66 Å². The van der Waals surface area contributed by atoms with Gasteiger partial charge in [-0.1, -0.05) is 0 Å². The van der Waals surface area contributed by atoms with Gasteiger partial charge in [0.1, 0.15) is 0 Å². The standard InChI is InChI=1S/C13H14IN3O3/c1-8-6-9-11(10(14)7-8)15-13(19)17(12(9)18)16-2-4-20-5-3-16/h6-7H,2-5H2,1H3,(H,15,19). The maximum atomic E-state index is 12.6. The SMILES string of the molecule is Cc1cc(I)c2[nH]c(=O)n(N3CCOCC3)c(=O)c2c1. The van der Waals surface area contributed by atoms with Gasteiger partial charge in [0.15, 0.2) is 0 Å². The smallest absolute Gasteiger partial charge is 0.348 e. The minimum absolute atomic E-state index is 0.271. The van der Waals surface area contributed by atoms with Crippen molar-refractivity contribution in [3.63, 3.8) is 0 Å². The summed E-state index contributed by atoms with van der Waals surface area (Å²) < 4.78 is 7.33. The molecule has 1 saturated heterocycles. The van der Waals surface area contributed by atoms with Crippen LogP contribution in [0.25, 0.3) is 10.9 Å². The third kappa shape index (κ3) is 2.24. The highest BCUT2D eigenvalue weighted by molar-refractivity contribution is 14.1. The molecule has 1 aliphatic heterocycles. The summed E-state index contributed by atoms with van der Waals surface area (Å²) in [5.41, 5.74) is 0.939. The molecule has 3 rings (SSSR count). The minimum atomic E-state index is -0.397. The van der Waals surface area contributed by atoms with E-state index in [-0.39, 0.29) is 5.56 Å². The molecule has 0 spiro atoms. The van der Waals surface area contributed by atoms with Crippen molar-refractivity contribution in [1.29, 1.82) is 0 Å². The Hall–Kier alpha value is -1.35. The molecule has 0 amide bonds. The second-order valence-electron chi connectivity index (χ2n) is 4.78. The van der Waals surface area contributed by atoms with Gasteiger partial charge in [0.2, 0.25) is 0 Å². The highest BCUT2D eigenvalue weighted by Crippen LogP contribution is 2.17. The van der Waals surface area contributed by atoms with Gasteiger partial charge in [-0.05, 0) is 47.2 Å². The normalized spacial score (nSPS) is 15.8. The Morgan fingerprint density at radius 3 is 2.65 bits per heavy atom. The average Bonchev–Trinajstić information content (AvgIpc) is 2.42. The molecule has 0 atom stereocenters. The quantitative estimate of drug-likeness (QED) is 0.727. The van der Waals surface area contributed by atoms with Crippen LogP contribution < -0.4 is 16.3 Å². The van der Waals surface area contributed by atoms with Crippen molar-refractivity contribution in [2.75, 3.05) is 31.3 Å². The lowest BCUT2D eigenvalue weighted by Gasteiger charge is -2.29. The van der Waals surface area contributed by atoms with E-state index in [2.05, 4.69) is 27.6 Å². The maximum absolute atomic E-state index is 12.6. The fourth-order valence-electron chi connectivity index (χ4n) is 2.41. The molecule has 6 nitrogen and oxygen atoms in total. The molecule has 1 aromatic heterocycles. The summed E-state index contributed by atoms with van der Waals surface area (Å²) in [6.45, 7) is 4.06. The van der Waals surface area contributed by atoms with Crippen molar-refractivity contribution in [3.05, 3.63) is 42.1 Å². The number of hydrogen-bond donors (Lipinski definition) is 1. The number of aryl methyl sites for hydroxylation is 1. The van der Waals surface area contributed by atoms with Crippen LogP contribution in [-0.2, 0) is 4.74 Å². The first-order valence-electron chi connectivity index (χ1n) is 6.36. The number of nitrogens with zero attached hydrogens (tertiary/aromatic N) is 2. The number of halogens is 1. The van der Waals surface area contributed by atoms with Crippen LogP contribution in [-0.4, -0.2) is 36.0 Å². The van der Waals surface area contributed by atoms with Gasteiger partial charge in [0.05, 0.1) is 37.2 Å². The number of aromatic amines is 1. The van der Waals surface area contributed by atoms with Crippen LogP contribution in [0.5, 0.6) is 0 Å². The second-order valence-corrected chi connectivity index (χ2v) is 5.94. The van der Waals surface area contributed by atoms with Gasteiger partial charge in [-0.3, -0.25) is 4.79 Å². The van der Waals surface area contributed by atoms with E-state index in [9.17, 15) is 9.59 Å². The van der Waals surface area contributed by atoms with E-state index < -0.39 is 5.69 Å². The Morgan fingerprint density at radius 2 is 1.95 bits per heavy atom. The summed E-state index contributed by atoms with van der Waals surface area (Å²) >= 11 is 2.13. The van der Waals surface area contributed by atoms with Crippen LogP contribution in [0.15, 0.2) is 21.7 Å². The molecule has 1 N–H and O–H groups in total. The Morgan fingerprint density at radius 1 is 1.25 bits per heavy atom. The zero-order chi connectivity index (χ0) is 14.3. The lowest BCUT2D eigenvalue weighted by Crippen LogP contribution is -2.54. The summed E-state index contributed by atoms with van der Waals surface area (Å²) in [7, 11) is 0. The highest BCUT2D eigenvalue weighted by atomic mass is 127. The molecular weight excluding hydrogens is 373 g/mol.